The molecular formula is C34H39N3O3. The number of alkyl carbamates (subject to hydrolysis) is 1. The molecule has 0 saturated carbocycles. The number of rotatable bonds is 8. The minimum absolute atomic E-state index is 0. The fraction of sp³-hybridized carbons (Fsp3) is 0.324. The van der Waals surface area contributed by atoms with Crippen molar-refractivity contribution < 1.29 is 14.3 Å². The predicted octanol–water partition coefficient (Wildman–Crippen LogP) is 8.81. The monoisotopic (exact) mass is 537 g/mol. The molecule has 1 amide bonds. The zero-order chi connectivity index (χ0) is 27.9. The highest BCUT2D eigenvalue weighted by Crippen LogP contribution is 2.33. The number of amides is 1. The summed E-state index contributed by atoms with van der Waals surface area (Å²) in [7, 11) is 0. The van der Waals surface area contributed by atoms with E-state index in [1.165, 1.54) is 11.1 Å². The summed E-state index contributed by atoms with van der Waals surface area (Å²) in [6.07, 6.45) is 5.36. The Labute approximate surface area is 239 Å². The second-order valence-corrected chi connectivity index (χ2v) is 9.30. The number of carbonyl (C=O) groups is 1. The standard InChI is InChI=1S/C18H18N2O2.C15H17NO.CH4/c1-14-3-5-16(6-4-14)13-22-18(21)20-12-11-15-7-9-17(19-2)10-8-15;1-3-17-15-10-6-13(7-11-15)12-4-8-14(16-2)9-5-12;/h3-10H,11-13H2,1H3,(H,20,21);6-8,10-12H,3-5,9H2,1H3;1H4. The predicted molar refractivity (Wildman–Crippen MR) is 161 cm³/mol. The summed E-state index contributed by atoms with van der Waals surface area (Å²) in [4.78, 5) is 18.4. The molecule has 0 aliphatic heterocycles. The Morgan fingerprint density at radius 3 is 2.20 bits per heavy atom. The second kappa shape index (κ2) is 17.1. The van der Waals surface area contributed by atoms with Crippen LogP contribution in [-0.2, 0) is 17.8 Å². The van der Waals surface area contributed by atoms with Gasteiger partial charge in [0.15, 0.2) is 11.4 Å². The summed E-state index contributed by atoms with van der Waals surface area (Å²) < 4.78 is 10.6. The first-order valence-corrected chi connectivity index (χ1v) is 13.2. The zero-order valence-corrected chi connectivity index (χ0v) is 22.7. The molecule has 3 aromatic carbocycles. The molecule has 0 bridgehead atoms. The molecule has 4 rings (SSSR count). The van der Waals surface area contributed by atoms with E-state index >= 15 is 0 Å². The van der Waals surface area contributed by atoms with Crippen LogP contribution in [0.1, 0.15) is 61.8 Å². The third-order valence-electron chi connectivity index (χ3n) is 6.43. The van der Waals surface area contributed by atoms with E-state index in [1.807, 2.05) is 62.4 Å². The lowest BCUT2D eigenvalue weighted by Crippen LogP contribution is -2.26. The molecule has 3 aromatic rings. The molecule has 6 heteroatoms. The Hall–Kier alpha value is -4.55. The molecule has 0 fully saturated rings. The van der Waals surface area contributed by atoms with E-state index < -0.39 is 6.09 Å². The molecule has 0 saturated heterocycles. The van der Waals surface area contributed by atoms with Crippen molar-refractivity contribution in [2.75, 3.05) is 13.2 Å². The van der Waals surface area contributed by atoms with Crippen molar-refractivity contribution in [1.82, 2.24) is 5.32 Å². The van der Waals surface area contributed by atoms with Crippen LogP contribution in [-0.4, -0.2) is 19.2 Å². The molecule has 208 valence electrons. The van der Waals surface area contributed by atoms with Crippen LogP contribution >= 0.6 is 0 Å². The number of carbonyl (C=O) groups excluding carboxylic acids is 1. The van der Waals surface area contributed by atoms with Crippen LogP contribution in [0.15, 0.2) is 84.6 Å². The number of aryl methyl sites for hydroxylation is 1. The topological polar surface area (TPSA) is 56.3 Å². The number of benzene rings is 3. The highest BCUT2D eigenvalue weighted by molar-refractivity contribution is 5.67. The van der Waals surface area contributed by atoms with Gasteiger partial charge in [-0.15, -0.1) is 0 Å². The van der Waals surface area contributed by atoms with Gasteiger partial charge in [-0.1, -0.05) is 86.2 Å². The van der Waals surface area contributed by atoms with Gasteiger partial charge in [0.1, 0.15) is 12.4 Å². The molecule has 0 heterocycles. The first kappa shape index (κ1) is 31.7. The number of allylic oxidation sites excluding steroid dienone is 2. The third kappa shape index (κ3) is 10.7. The summed E-state index contributed by atoms with van der Waals surface area (Å²) in [6.45, 7) is 19.4. The maximum Gasteiger partial charge on any atom is 0.407 e. The van der Waals surface area contributed by atoms with E-state index in [2.05, 4.69) is 33.2 Å². The Bertz CT molecular complexity index is 1300. The van der Waals surface area contributed by atoms with Gasteiger partial charge in [0.05, 0.1) is 19.8 Å². The molecule has 1 aliphatic carbocycles. The van der Waals surface area contributed by atoms with Gasteiger partial charge in [-0.05, 0) is 67.9 Å². The van der Waals surface area contributed by atoms with E-state index in [1.54, 1.807) is 12.1 Å². The quantitative estimate of drug-likeness (QED) is 0.292. The average molecular weight is 538 g/mol. The summed E-state index contributed by atoms with van der Waals surface area (Å²) in [5.41, 5.74) is 6.12. The number of ether oxygens (including phenoxy) is 2. The molecule has 6 nitrogen and oxygen atoms in total. The van der Waals surface area contributed by atoms with E-state index in [9.17, 15) is 4.79 Å². The third-order valence-corrected chi connectivity index (χ3v) is 6.43. The van der Waals surface area contributed by atoms with Gasteiger partial charge in [0.2, 0.25) is 0 Å². The van der Waals surface area contributed by atoms with E-state index in [4.69, 9.17) is 22.6 Å². The minimum Gasteiger partial charge on any atom is -0.494 e. The summed E-state index contributed by atoms with van der Waals surface area (Å²) in [6, 6.07) is 23.6. The highest BCUT2D eigenvalue weighted by Gasteiger charge is 2.16. The van der Waals surface area contributed by atoms with Crippen LogP contribution in [0.4, 0.5) is 10.5 Å². The van der Waals surface area contributed by atoms with Gasteiger partial charge < -0.3 is 14.8 Å². The SMILES string of the molecule is C.[C-]#[N+]C1=CCC(c2ccc(OCC)cc2)CC1.[C-]#[N+]c1ccc(CCNC(=O)OCc2ccc(C)cc2)cc1. The van der Waals surface area contributed by atoms with Gasteiger partial charge in [-0.25, -0.2) is 14.5 Å². The lowest BCUT2D eigenvalue weighted by atomic mass is 9.87. The number of hydrogen-bond donors (Lipinski definition) is 1. The van der Waals surface area contributed by atoms with Crippen molar-refractivity contribution in [1.29, 1.82) is 0 Å². The molecule has 40 heavy (non-hydrogen) atoms. The maximum atomic E-state index is 11.6. The Morgan fingerprint density at radius 1 is 0.950 bits per heavy atom. The molecule has 1 unspecified atom stereocenters. The highest BCUT2D eigenvalue weighted by atomic mass is 16.5. The van der Waals surface area contributed by atoms with Crippen LogP contribution in [0, 0.1) is 20.1 Å². The van der Waals surface area contributed by atoms with Gasteiger partial charge in [-0.3, -0.25) is 0 Å². The Balaban J connectivity index is 0.000000282. The first-order valence-electron chi connectivity index (χ1n) is 13.2. The molecule has 1 aliphatic rings. The number of nitrogens with zero attached hydrogens (tertiary/aromatic N) is 2. The van der Waals surface area contributed by atoms with Crippen LogP contribution in [0.3, 0.4) is 0 Å². The van der Waals surface area contributed by atoms with Crippen molar-refractivity contribution in [3.63, 3.8) is 0 Å². The molecule has 0 spiro atoms. The fourth-order valence-electron chi connectivity index (χ4n) is 4.16. The second-order valence-electron chi connectivity index (χ2n) is 9.30. The molecular weight excluding hydrogens is 498 g/mol. The van der Waals surface area contributed by atoms with E-state index in [0.29, 0.717) is 31.2 Å². The molecule has 0 radical (unpaired) electrons. The van der Waals surface area contributed by atoms with Gasteiger partial charge >= 0.3 is 6.09 Å². The van der Waals surface area contributed by atoms with Crippen LogP contribution in [0.2, 0.25) is 0 Å². The number of nitrogens with one attached hydrogen (secondary N) is 1. The first-order chi connectivity index (χ1) is 19.0. The average Bonchev–Trinajstić information content (AvgIpc) is 2.98. The Morgan fingerprint density at radius 2 is 1.62 bits per heavy atom. The van der Waals surface area contributed by atoms with Gasteiger partial charge in [-0.2, -0.15) is 0 Å². The summed E-state index contributed by atoms with van der Waals surface area (Å²) in [5, 5.41) is 2.72. The van der Waals surface area contributed by atoms with Crippen molar-refractivity contribution in [2.45, 2.75) is 59.5 Å². The van der Waals surface area contributed by atoms with Gasteiger partial charge in [0.25, 0.3) is 0 Å². The molecule has 0 aromatic heterocycles. The Kier molecular flexibility index (Phi) is 13.6. The summed E-state index contributed by atoms with van der Waals surface area (Å²) >= 11 is 0. The van der Waals surface area contributed by atoms with Crippen LogP contribution in [0.25, 0.3) is 9.69 Å². The maximum absolute atomic E-state index is 11.6. The lowest BCUT2D eigenvalue weighted by molar-refractivity contribution is 0.140. The van der Waals surface area contributed by atoms with Crippen molar-refractivity contribution in [3.05, 3.63) is 130 Å². The molecule has 1 N–H and O–H groups in total. The van der Waals surface area contributed by atoms with Crippen LogP contribution in [0.5, 0.6) is 5.75 Å². The fourth-order valence-corrected chi connectivity index (χ4v) is 4.16. The van der Waals surface area contributed by atoms with Gasteiger partial charge in [0, 0.05) is 6.54 Å². The normalized spacial score (nSPS) is 13.6. The van der Waals surface area contributed by atoms with Crippen molar-refractivity contribution in [3.8, 4) is 5.75 Å². The van der Waals surface area contributed by atoms with E-state index in [0.717, 1.165) is 41.8 Å². The smallest absolute Gasteiger partial charge is 0.407 e. The van der Waals surface area contributed by atoms with Crippen LogP contribution < -0.4 is 10.1 Å². The lowest BCUT2D eigenvalue weighted by Gasteiger charge is -2.20. The summed E-state index contributed by atoms with van der Waals surface area (Å²) in [5.74, 6) is 1.50. The zero-order valence-electron chi connectivity index (χ0n) is 22.7. The molecule has 1 atom stereocenters. The largest absolute Gasteiger partial charge is 0.494 e. The van der Waals surface area contributed by atoms with Crippen molar-refractivity contribution >= 4 is 11.8 Å². The van der Waals surface area contributed by atoms with E-state index in [-0.39, 0.29) is 14.0 Å². The van der Waals surface area contributed by atoms with Crippen molar-refractivity contribution in [2.24, 2.45) is 0 Å². The number of hydrogen-bond acceptors (Lipinski definition) is 3. The minimum atomic E-state index is -0.418.